The van der Waals surface area contributed by atoms with E-state index in [0.29, 0.717) is 0 Å². The maximum absolute atomic E-state index is 14.9. The first-order chi connectivity index (χ1) is 12.2. The lowest BCUT2D eigenvalue weighted by Crippen LogP contribution is -2.68. The molecule has 27 heavy (non-hydrogen) atoms. The van der Waals surface area contributed by atoms with Gasteiger partial charge in [-0.3, -0.25) is 9.59 Å². The van der Waals surface area contributed by atoms with Crippen LogP contribution in [0.2, 0.25) is 13.1 Å². The van der Waals surface area contributed by atoms with Gasteiger partial charge < -0.3 is 19.7 Å². The molecule has 0 fully saturated rings. The molecule has 9 heteroatoms. The van der Waals surface area contributed by atoms with Gasteiger partial charge in [0.15, 0.2) is 14.8 Å². The van der Waals surface area contributed by atoms with Crippen LogP contribution < -0.4 is 0 Å². The first kappa shape index (κ1) is 23.5. The molecule has 1 aromatic rings. The van der Waals surface area contributed by atoms with Crippen LogP contribution in [0.4, 0.5) is 8.78 Å². The van der Waals surface area contributed by atoms with Gasteiger partial charge in [-0.1, -0.05) is 51.1 Å². The average molecular weight is 404 g/mol. The van der Waals surface area contributed by atoms with E-state index in [1.54, 1.807) is 6.07 Å². The van der Waals surface area contributed by atoms with Crippen LogP contribution in [-0.2, 0) is 9.22 Å². The highest BCUT2D eigenvalue weighted by atomic mass is 28.3. The number of carbonyl (C=O) groups is 2. The fraction of sp³-hybridized carbons (Fsp3) is 0.556. The van der Waals surface area contributed by atoms with Crippen LogP contribution >= 0.6 is 0 Å². The van der Waals surface area contributed by atoms with Crippen molar-refractivity contribution < 1.29 is 38.1 Å². The van der Waals surface area contributed by atoms with E-state index < -0.39 is 49.9 Å². The standard InChI is InChI=1S/C18H26F2O6Si/c1-16(2,3)15(24)17(19,20)18(25,26-27(4)5)14(23)13(22)12(21)11-9-7-6-8-10-11/h6-10,13-14,22-23,25,27H,1-5H3/t13?,14-,18+/m1/s1. The van der Waals surface area contributed by atoms with E-state index in [2.05, 4.69) is 0 Å². The zero-order chi connectivity index (χ0) is 21.2. The van der Waals surface area contributed by atoms with Gasteiger partial charge in [0.1, 0.15) is 12.2 Å². The SMILES string of the molecule is C[SiH](C)O[C@@](O)([C@H](O)C(O)C(=O)c1ccccc1)C(F)(F)C(=O)C(C)(C)C. The Balaban J connectivity index is 3.36. The minimum absolute atomic E-state index is 0.0568. The first-order valence-corrected chi connectivity index (χ1v) is 11.2. The largest absolute Gasteiger partial charge is 0.387 e. The summed E-state index contributed by atoms with van der Waals surface area (Å²) >= 11 is 0. The molecule has 0 heterocycles. The zero-order valence-corrected chi connectivity index (χ0v) is 17.1. The predicted molar refractivity (Wildman–Crippen MR) is 97.1 cm³/mol. The number of ketones is 2. The van der Waals surface area contributed by atoms with Crippen LogP contribution in [-0.4, -0.2) is 59.8 Å². The average Bonchev–Trinajstić information content (AvgIpc) is 2.58. The van der Waals surface area contributed by atoms with E-state index in [1.165, 1.54) is 58.1 Å². The number of halogens is 2. The molecule has 0 aliphatic heterocycles. The molecule has 1 unspecified atom stereocenters. The lowest BCUT2D eigenvalue weighted by molar-refractivity contribution is -0.318. The van der Waals surface area contributed by atoms with Crippen molar-refractivity contribution in [2.45, 2.75) is 57.8 Å². The lowest BCUT2D eigenvalue weighted by Gasteiger charge is -2.42. The smallest absolute Gasteiger partial charge is 0.359 e. The van der Waals surface area contributed by atoms with E-state index >= 15 is 0 Å². The van der Waals surface area contributed by atoms with Crippen molar-refractivity contribution in [1.82, 2.24) is 0 Å². The van der Waals surface area contributed by atoms with Crippen molar-refractivity contribution in [1.29, 1.82) is 0 Å². The van der Waals surface area contributed by atoms with E-state index in [-0.39, 0.29) is 5.56 Å². The van der Waals surface area contributed by atoms with E-state index in [0.717, 1.165) is 0 Å². The van der Waals surface area contributed by atoms with Gasteiger partial charge in [0.05, 0.1) is 0 Å². The molecule has 6 nitrogen and oxygen atoms in total. The number of aliphatic hydroxyl groups excluding tert-OH is 2. The number of aliphatic hydroxyl groups is 3. The molecule has 0 bridgehead atoms. The predicted octanol–water partition coefficient (Wildman–Crippen LogP) is 1.53. The van der Waals surface area contributed by atoms with Gasteiger partial charge in [-0.15, -0.1) is 0 Å². The number of alkyl halides is 2. The molecular weight excluding hydrogens is 378 g/mol. The maximum atomic E-state index is 14.9. The third-order valence-corrected chi connectivity index (χ3v) is 4.69. The summed E-state index contributed by atoms with van der Waals surface area (Å²) in [5, 5.41) is 31.0. The molecule has 152 valence electrons. The summed E-state index contributed by atoms with van der Waals surface area (Å²) in [5.41, 5.74) is -1.63. The maximum Gasteiger partial charge on any atom is 0.359 e. The Morgan fingerprint density at radius 3 is 1.96 bits per heavy atom. The highest BCUT2D eigenvalue weighted by Crippen LogP contribution is 2.40. The van der Waals surface area contributed by atoms with Crippen molar-refractivity contribution in [3.63, 3.8) is 0 Å². The molecule has 1 aromatic carbocycles. The van der Waals surface area contributed by atoms with Gasteiger partial charge in [0.25, 0.3) is 5.79 Å². The Kier molecular flexibility index (Phi) is 7.17. The van der Waals surface area contributed by atoms with Crippen LogP contribution in [0.1, 0.15) is 31.1 Å². The summed E-state index contributed by atoms with van der Waals surface area (Å²) in [6.07, 6.45) is -5.18. The molecule has 0 saturated heterocycles. The minimum atomic E-state index is -4.57. The Hall–Kier alpha value is -1.52. The number of hydrogen-bond donors (Lipinski definition) is 3. The van der Waals surface area contributed by atoms with E-state index in [9.17, 15) is 33.7 Å². The Labute approximate surface area is 158 Å². The highest BCUT2D eigenvalue weighted by molar-refractivity contribution is 6.48. The van der Waals surface area contributed by atoms with Gasteiger partial charge in [0, 0.05) is 11.0 Å². The second kappa shape index (κ2) is 8.23. The molecule has 0 spiro atoms. The van der Waals surface area contributed by atoms with Crippen molar-refractivity contribution in [3.05, 3.63) is 35.9 Å². The summed E-state index contributed by atoms with van der Waals surface area (Å²) in [5.74, 6) is -11.1. The summed E-state index contributed by atoms with van der Waals surface area (Å²) < 4.78 is 34.8. The van der Waals surface area contributed by atoms with Crippen LogP contribution in [0.15, 0.2) is 30.3 Å². The normalized spacial score (nSPS) is 17.3. The number of carbonyl (C=O) groups excluding carboxylic acids is 2. The van der Waals surface area contributed by atoms with E-state index in [4.69, 9.17) is 4.43 Å². The quantitative estimate of drug-likeness (QED) is 0.345. The monoisotopic (exact) mass is 404 g/mol. The summed E-state index contributed by atoms with van der Waals surface area (Å²) in [4.78, 5) is 24.5. The lowest BCUT2D eigenvalue weighted by atomic mass is 9.81. The van der Waals surface area contributed by atoms with Crippen molar-refractivity contribution in [2.75, 3.05) is 0 Å². The number of Topliss-reactive ketones (excluding diaryl/α,β-unsaturated/α-hetero) is 2. The Bertz CT molecular complexity index is 674. The molecule has 0 aromatic heterocycles. The van der Waals surface area contributed by atoms with Crippen LogP contribution in [0.3, 0.4) is 0 Å². The molecular formula is C18H26F2O6Si. The third-order valence-electron chi connectivity index (χ3n) is 3.86. The molecule has 1 rings (SSSR count). The topological polar surface area (TPSA) is 104 Å². The molecule has 3 N–H and O–H groups in total. The van der Waals surface area contributed by atoms with E-state index in [1.807, 2.05) is 0 Å². The fourth-order valence-corrected chi connectivity index (χ4v) is 3.46. The zero-order valence-electron chi connectivity index (χ0n) is 15.9. The summed E-state index contributed by atoms with van der Waals surface area (Å²) in [6.45, 7) is 6.51. The first-order valence-electron chi connectivity index (χ1n) is 8.44. The van der Waals surface area contributed by atoms with Crippen molar-refractivity contribution >= 4 is 20.6 Å². The van der Waals surface area contributed by atoms with Crippen LogP contribution in [0.5, 0.6) is 0 Å². The molecule has 0 radical (unpaired) electrons. The summed E-state index contributed by atoms with van der Waals surface area (Å²) in [6, 6.07) is 7.18. The molecule has 0 aliphatic rings. The second-order valence-electron chi connectivity index (χ2n) is 7.64. The molecule has 0 amide bonds. The van der Waals surface area contributed by atoms with Crippen LogP contribution in [0.25, 0.3) is 0 Å². The number of hydrogen-bond acceptors (Lipinski definition) is 6. The highest BCUT2D eigenvalue weighted by Gasteiger charge is 2.67. The molecule has 0 saturated carbocycles. The van der Waals surface area contributed by atoms with Gasteiger partial charge in [-0.25, -0.2) is 0 Å². The summed E-state index contributed by atoms with van der Waals surface area (Å²) in [7, 11) is -2.46. The third kappa shape index (κ3) is 4.85. The Morgan fingerprint density at radius 2 is 1.56 bits per heavy atom. The van der Waals surface area contributed by atoms with Crippen molar-refractivity contribution in [2.24, 2.45) is 5.41 Å². The minimum Gasteiger partial charge on any atom is -0.387 e. The second-order valence-corrected chi connectivity index (χ2v) is 9.97. The van der Waals surface area contributed by atoms with Crippen molar-refractivity contribution in [3.8, 4) is 0 Å². The fourth-order valence-electron chi connectivity index (χ4n) is 2.45. The van der Waals surface area contributed by atoms with Crippen LogP contribution in [0, 0.1) is 5.41 Å². The molecule has 3 atom stereocenters. The van der Waals surface area contributed by atoms with Gasteiger partial charge >= 0.3 is 5.92 Å². The van der Waals surface area contributed by atoms with Gasteiger partial charge in [-0.2, -0.15) is 8.78 Å². The molecule has 0 aliphatic carbocycles. The Morgan fingerprint density at radius 1 is 1.07 bits per heavy atom. The number of benzene rings is 1. The van der Waals surface area contributed by atoms with Gasteiger partial charge in [0.2, 0.25) is 5.78 Å². The number of rotatable bonds is 8. The van der Waals surface area contributed by atoms with Gasteiger partial charge in [-0.05, 0) is 13.1 Å².